The van der Waals surface area contributed by atoms with Crippen molar-refractivity contribution in [1.82, 2.24) is 30.6 Å². The van der Waals surface area contributed by atoms with Crippen molar-refractivity contribution in [2.45, 2.75) is 25.5 Å². The zero-order chi connectivity index (χ0) is 54.3. The number of alkyl carbamates (subject to hydrolysis) is 1. The number of benzene rings is 3. The van der Waals surface area contributed by atoms with Gasteiger partial charge in [0, 0.05) is 25.4 Å². The molecule has 0 atom stereocenters. The van der Waals surface area contributed by atoms with Gasteiger partial charge in [0.2, 0.25) is 17.7 Å². The predicted octanol–water partition coefficient (Wildman–Crippen LogP) is 4.26. The molecule has 2 amide bonds. The van der Waals surface area contributed by atoms with Gasteiger partial charge < -0.3 is 87.7 Å². The fraction of sp³-hybridized carbons (Fsp3) is 0.545. The number of aromatic nitrogens is 4. The summed E-state index contributed by atoms with van der Waals surface area (Å²) in [5.41, 5.74) is 13.4. The van der Waals surface area contributed by atoms with Crippen LogP contribution in [-0.2, 0) is 79.5 Å². The first kappa shape index (κ1) is 61.3. The second-order valence-corrected chi connectivity index (χ2v) is 17.2. The van der Waals surface area contributed by atoms with Crippen molar-refractivity contribution >= 4 is 29.1 Å². The van der Waals surface area contributed by atoms with Gasteiger partial charge in [0.15, 0.2) is 11.2 Å². The number of fused-ring (bicyclic) bond motifs is 4. The molecule has 0 fully saturated rings. The minimum Gasteiger partial charge on any atom is -0.471 e. The van der Waals surface area contributed by atoms with E-state index in [-0.39, 0.29) is 37.4 Å². The Labute approximate surface area is 455 Å². The molecule has 23 heteroatoms. The Morgan fingerprint density at radius 3 is 1.40 bits per heavy atom. The largest absolute Gasteiger partial charge is 0.471 e. The average Bonchev–Trinajstić information content (AvgIpc) is 4.09. The van der Waals surface area contributed by atoms with Gasteiger partial charge in [-0.1, -0.05) is 72.8 Å². The topological polar surface area (TPSA) is 268 Å². The summed E-state index contributed by atoms with van der Waals surface area (Å²) < 4.78 is 77.7. The van der Waals surface area contributed by atoms with E-state index in [0.29, 0.717) is 189 Å². The van der Waals surface area contributed by atoms with Crippen molar-refractivity contribution in [3.8, 4) is 17.0 Å². The van der Waals surface area contributed by atoms with Crippen LogP contribution in [0.5, 0.6) is 5.88 Å². The minimum absolute atomic E-state index is 0.0268. The third-order valence-corrected chi connectivity index (χ3v) is 11.6. The number of ether oxygens (including phenoxy) is 14. The van der Waals surface area contributed by atoms with Crippen molar-refractivity contribution in [2.75, 3.05) is 177 Å². The second-order valence-electron chi connectivity index (χ2n) is 17.2. The van der Waals surface area contributed by atoms with Gasteiger partial charge in [-0.25, -0.2) is 9.78 Å². The molecule has 2 heterocycles. The number of carbonyl (C=O) groups excluding carboxylic acids is 2. The van der Waals surface area contributed by atoms with Crippen LogP contribution in [0.4, 0.5) is 10.7 Å². The van der Waals surface area contributed by atoms with Crippen molar-refractivity contribution in [3.63, 3.8) is 0 Å². The number of nitrogens with two attached hydrogens (primary N) is 1. The third kappa shape index (κ3) is 24.4. The zero-order valence-corrected chi connectivity index (χ0v) is 44.5. The highest BCUT2D eigenvalue weighted by atomic mass is 16.6. The van der Waals surface area contributed by atoms with Crippen LogP contribution in [0.2, 0.25) is 0 Å². The van der Waals surface area contributed by atoms with Gasteiger partial charge in [0.05, 0.1) is 165 Å². The smallest absolute Gasteiger partial charge is 0.407 e. The van der Waals surface area contributed by atoms with Crippen LogP contribution in [-0.4, -0.2) is 204 Å². The molecule has 0 radical (unpaired) electrons. The monoisotopic (exact) mass is 1090 g/mol. The molecule has 5 aromatic rings. The summed E-state index contributed by atoms with van der Waals surface area (Å²) in [6.45, 7) is 11.9. The Bertz CT molecular complexity index is 2350. The van der Waals surface area contributed by atoms with Crippen LogP contribution >= 0.6 is 0 Å². The summed E-state index contributed by atoms with van der Waals surface area (Å²) >= 11 is 0. The highest BCUT2D eigenvalue weighted by Crippen LogP contribution is 2.44. The first-order chi connectivity index (χ1) is 38.5. The van der Waals surface area contributed by atoms with Gasteiger partial charge in [0.25, 0.3) is 0 Å². The van der Waals surface area contributed by atoms with Crippen molar-refractivity contribution in [2.24, 2.45) is 0 Å². The number of aromatic amines is 1. The van der Waals surface area contributed by atoms with Crippen LogP contribution in [0.25, 0.3) is 22.3 Å². The van der Waals surface area contributed by atoms with E-state index in [1.165, 1.54) is 28.6 Å². The van der Waals surface area contributed by atoms with E-state index in [1.54, 1.807) is 0 Å². The van der Waals surface area contributed by atoms with Crippen LogP contribution in [0.15, 0.2) is 79.1 Å². The lowest BCUT2D eigenvalue weighted by Gasteiger charge is -2.14. The first-order valence-electron chi connectivity index (χ1n) is 26.5. The van der Waals surface area contributed by atoms with E-state index in [2.05, 4.69) is 54.8 Å². The highest BCUT2D eigenvalue weighted by molar-refractivity contribution is 5.79. The molecule has 0 aliphatic heterocycles. The number of hydrogen-bond acceptors (Lipinski definition) is 20. The molecule has 6 rings (SSSR count). The highest BCUT2D eigenvalue weighted by Gasteiger charge is 2.29. The Hall–Kier alpha value is -5.93. The van der Waals surface area contributed by atoms with Crippen molar-refractivity contribution in [3.05, 3.63) is 101 Å². The maximum Gasteiger partial charge on any atom is 0.407 e. The van der Waals surface area contributed by atoms with E-state index in [0.717, 1.165) is 11.1 Å². The van der Waals surface area contributed by atoms with Crippen molar-refractivity contribution < 1.29 is 75.9 Å². The Kier molecular flexibility index (Phi) is 30.3. The molecule has 0 unspecified atom stereocenters. The summed E-state index contributed by atoms with van der Waals surface area (Å²) in [5, 5.41) is 5.65. The normalized spacial score (nSPS) is 12.0. The number of nitrogens with zero attached hydrogens (tertiary/aromatic N) is 3. The van der Waals surface area contributed by atoms with E-state index in [9.17, 15) is 9.59 Å². The molecular formula is C55H77N7O16. The lowest BCUT2D eigenvalue weighted by molar-refractivity contribution is -0.122. The molecular weight excluding hydrogens is 1010 g/mol. The molecule has 2 aromatic heterocycles. The van der Waals surface area contributed by atoms with E-state index in [1.807, 2.05) is 48.5 Å². The van der Waals surface area contributed by atoms with Gasteiger partial charge in [-0.05, 0) is 33.4 Å². The van der Waals surface area contributed by atoms with Crippen LogP contribution in [0.1, 0.15) is 34.6 Å². The quantitative estimate of drug-likeness (QED) is 0.0397. The van der Waals surface area contributed by atoms with E-state index < -0.39 is 6.09 Å². The number of imidazole rings is 1. The molecule has 23 nitrogen and oxygen atoms in total. The lowest BCUT2D eigenvalue weighted by atomic mass is 9.98. The molecule has 0 spiro atoms. The number of carbonyl (C=O) groups is 2. The minimum atomic E-state index is -0.460. The summed E-state index contributed by atoms with van der Waals surface area (Å²) in [5.74, 6) is 0.339. The maximum absolute atomic E-state index is 12.3. The molecule has 0 bridgehead atoms. The fourth-order valence-corrected chi connectivity index (χ4v) is 7.68. The number of nitrogens with one attached hydrogen (secondary N) is 3. The molecule has 0 saturated heterocycles. The van der Waals surface area contributed by atoms with Crippen LogP contribution in [0, 0.1) is 0 Å². The van der Waals surface area contributed by atoms with E-state index >= 15 is 0 Å². The van der Waals surface area contributed by atoms with Gasteiger partial charge in [-0.2, -0.15) is 9.97 Å². The molecule has 1 aliphatic carbocycles. The molecule has 1 aliphatic rings. The molecule has 0 saturated carbocycles. The molecule has 428 valence electrons. The Balaban J connectivity index is 0.574. The maximum atomic E-state index is 12.3. The van der Waals surface area contributed by atoms with Crippen molar-refractivity contribution in [1.29, 1.82) is 0 Å². The fourth-order valence-electron chi connectivity index (χ4n) is 7.68. The molecule has 78 heavy (non-hydrogen) atoms. The number of nitrogen functional groups attached to an aromatic ring is 1. The molecule has 3 aromatic carbocycles. The summed E-state index contributed by atoms with van der Waals surface area (Å²) in [4.78, 5) is 39.8. The van der Waals surface area contributed by atoms with Crippen LogP contribution < -0.4 is 21.1 Å². The number of H-pyrrole nitrogens is 1. The van der Waals surface area contributed by atoms with E-state index in [4.69, 9.17) is 72.0 Å². The number of anilines is 1. The number of hydrogen-bond donors (Lipinski definition) is 4. The summed E-state index contributed by atoms with van der Waals surface area (Å²) in [6.07, 6.45) is 1.30. The standard InChI is InChI=1S/C55H77N7O16/c56-54-61-52-51(59-42-60-52)53(62-54)77-40-44-11-9-43(10-12-44)39-58-50(63)13-15-65-17-19-67-21-23-69-25-27-71-29-31-73-33-35-75-37-38-76-36-34-74-32-30-72-28-26-70-24-22-68-20-18-66-16-14-57-55(64)78-41-49-47-7-3-1-5-45(47)46-6-2-4-8-48(46)49/h1-12,42,49H,13-41H2,(H,57,64)(H,58,63)(H3,56,59,60,61,62). The third-order valence-electron chi connectivity index (χ3n) is 11.6. The van der Waals surface area contributed by atoms with Crippen LogP contribution in [0.3, 0.4) is 0 Å². The Morgan fingerprint density at radius 1 is 0.500 bits per heavy atom. The predicted molar refractivity (Wildman–Crippen MR) is 286 cm³/mol. The van der Waals surface area contributed by atoms with Gasteiger partial charge in [-0.15, -0.1) is 0 Å². The Morgan fingerprint density at radius 2 is 0.923 bits per heavy atom. The SMILES string of the molecule is Nc1nc(OCc2ccc(CNC(=O)CCOCCOCCOCCOCCOCCOCCOCCOCCOCCOCCOCCOCCNC(=O)OCC3c4ccccc4-c4ccccc43)cc2)c2nc[nH]c2n1. The first-order valence-corrected chi connectivity index (χ1v) is 26.5. The zero-order valence-electron chi connectivity index (χ0n) is 44.5. The van der Waals surface area contributed by atoms with Gasteiger partial charge in [0.1, 0.15) is 13.2 Å². The summed E-state index contributed by atoms with van der Waals surface area (Å²) in [6, 6.07) is 24.2. The van der Waals surface area contributed by atoms with Gasteiger partial charge >= 0.3 is 6.09 Å². The number of amides is 2. The lowest BCUT2D eigenvalue weighted by Crippen LogP contribution is -2.29. The average molecular weight is 1090 g/mol. The van der Waals surface area contributed by atoms with Gasteiger partial charge in [-0.3, -0.25) is 4.79 Å². The summed E-state index contributed by atoms with van der Waals surface area (Å²) in [7, 11) is 0. The second kappa shape index (κ2) is 38.6. The molecule has 5 N–H and O–H groups in total. The number of rotatable bonds is 46.